The van der Waals surface area contributed by atoms with Crippen molar-refractivity contribution in [3.8, 4) is 56.2 Å². The molecule has 0 fully saturated rings. The third kappa shape index (κ3) is 4.78. The van der Waals surface area contributed by atoms with E-state index in [1.54, 1.807) is 6.20 Å². The van der Waals surface area contributed by atoms with Gasteiger partial charge in [-0.15, -0.1) is 11.3 Å². The molecule has 0 saturated heterocycles. The zero-order chi connectivity index (χ0) is 28.6. The number of fused-ring (bicyclic) bond motifs is 3. The van der Waals surface area contributed by atoms with Crippen molar-refractivity contribution in [2.75, 3.05) is 0 Å². The fourth-order valence-corrected chi connectivity index (χ4v) is 6.91. The molecule has 0 amide bonds. The molecule has 4 heteroatoms. The Kier molecular flexibility index (Phi) is 6.32. The molecule has 0 aliphatic heterocycles. The standard InChI is InChI=1S/C39H25N3S/c1-3-11-26(12-4-1)29-21-30(32-17-9-18-34-33-16-7-8-19-37(33)43-38(32)34)23-31(22-29)36-24-35(28-15-10-20-40-25-28)41-39(42-36)27-13-5-2-6-14-27/h1-25H. The zero-order valence-electron chi connectivity index (χ0n) is 23.2. The summed E-state index contributed by atoms with van der Waals surface area (Å²) < 4.78 is 2.59. The summed E-state index contributed by atoms with van der Waals surface area (Å²) in [7, 11) is 0. The highest BCUT2D eigenvalue weighted by atomic mass is 32.1. The lowest BCUT2D eigenvalue weighted by molar-refractivity contribution is 1.18. The smallest absolute Gasteiger partial charge is 0.160 e. The molecular weight excluding hydrogens is 543 g/mol. The van der Waals surface area contributed by atoms with Gasteiger partial charge in [-0.1, -0.05) is 97.1 Å². The van der Waals surface area contributed by atoms with Gasteiger partial charge < -0.3 is 0 Å². The van der Waals surface area contributed by atoms with Crippen molar-refractivity contribution >= 4 is 31.5 Å². The van der Waals surface area contributed by atoms with Crippen molar-refractivity contribution in [1.29, 1.82) is 0 Å². The first-order valence-corrected chi connectivity index (χ1v) is 15.1. The van der Waals surface area contributed by atoms with E-state index in [0.29, 0.717) is 5.82 Å². The highest BCUT2D eigenvalue weighted by Gasteiger charge is 2.16. The number of pyridine rings is 1. The van der Waals surface area contributed by atoms with Crippen molar-refractivity contribution in [2.24, 2.45) is 0 Å². The van der Waals surface area contributed by atoms with Gasteiger partial charge in [-0.2, -0.15) is 0 Å². The first-order chi connectivity index (χ1) is 21.3. The monoisotopic (exact) mass is 567 g/mol. The molecule has 0 radical (unpaired) electrons. The highest BCUT2D eigenvalue weighted by molar-refractivity contribution is 7.26. The largest absolute Gasteiger partial charge is 0.264 e. The Labute approximate surface area is 253 Å². The number of thiophene rings is 1. The van der Waals surface area contributed by atoms with Gasteiger partial charge in [0.25, 0.3) is 0 Å². The molecule has 3 nitrogen and oxygen atoms in total. The summed E-state index contributed by atoms with van der Waals surface area (Å²) in [6.07, 6.45) is 3.64. The predicted octanol–water partition coefficient (Wildman–Crippen LogP) is 10.6. The number of rotatable bonds is 5. The fourth-order valence-electron chi connectivity index (χ4n) is 5.68. The molecule has 0 spiro atoms. The van der Waals surface area contributed by atoms with Crippen LogP contribution in [0.25, 0.3) is 76.3 Å². The van der Waals surface area contributed by atoms with E-state index in [0.717, 1.165) is 39.2 Å². The number of hydrogen-bond donors (Lipinski definition) is 0. The predicted molar refractivity (Wildman–Crippen MR) is 180 cm³/mol. The maximum atomic E-state index is 5.14. The Balaban J connectivity index is 1.38. The van der Waals surface area contributed by atoms with Gasteiger partial charge in [0.2, 0.25) is 0 Å². The fraction of sp³-hybridized carbons (Fsp3) is 0. The van der Waals surface area contributed by atoms with E-state index in [9.17, 15) is 0 Å². The van der Waals surface area contributed by atoms with Gasteiger partial charge in [0.15, 0.2) is 5.82 Å². The van der Waals surface area contributed by atoms with Gasteiger partial charge in [-0.3, -0.25) is 4.98 Å². The van der Waals surface area contributed by atoms with Crippen LogP contribution < -0.4 is 0 Å². The van der Waals surface area contributed by atoms with E-state index >= 15 is 0 Å². The quantitative estimate of drug-likeness (QED) is 0.208. The number of benzene rings is 5. The molecule has 0 bridgehead atoms. The van der Waals surface area contributed by atoms with Gasteiger partial charge in [0.1, 0.15) is 0 Å². The summed E-state index contributed by atoms with van der Waals surface area (Å²) in [6.45, 7) is 0. The van der Waals surface area contributed by atoms with Crippen molar-refractivity contribution in [2.45, 2.75) is 0 Å². The molecule has 0 aliphatic carbocycles. The second-order valence-electron chi connectivity index (χ2n) is 10.5. The Morgan fingerprint density at radius 2 is 1.09 bits per heavy atom. The summed E-state index contributed by atoms with van der Waals surface area (Å²) >= 11 is 1.85. The van der Waals surface area contributed by atoms with E-state index < -0.39 is 0 Å². The minimum atomic E-state index is 0.690. The number of nitrogens with zero attached hydrogens (tertiary/aromatic N) is 3. The van der Waals surface area contributed by atoms with Crippen LogP contribution >= 0.6 is 11.3 Å². The molecule has 43 heavy (non-hydrogen) atoms. The van der Waals surface area contributed by atoms with Crippen LogP contribution in [0.2, 0.25) is 0 Å². The highest BCUT2D eigenvalue weighted by Crippen LogP contribution is 2.42. The lowest BCUT2D eigenvalue weighted by Crippen LogP contribution is -1.96. The second kappa shape index (κ2) is 10.8. The van der Waals surface area contributed by atoms with Crippen molar-refractivity contribution in [1.82, 2.24) is 15.0 Å². The van der Waals surface area contributed by atoms with Gasteiger partial charge >= 0.3 is 0 Å². The van der Waals surface area contributed by atoms with Crippen molar-refractivity contribution in [3.05, 3.63) is 152 Å². The third-order valence-electron chi connectivity index (χ3n) is 7.77. The van der Waals surface area contributed by atoms with E-state index in [1.807, 2.05) is 47.9 Å². The van der Waals surface area contributed by atoms with Crippen LogP contribution in [0.5, 0.6) is 0 Å². The molecule has 3 aromatic heterocycles. The topological polar surface area (TPSA) is 38.7 Å². The Hall–Kier alpha value is -5.45. The summed E-state index contributed by atoms with van der Waals surface area (Å²) in [5, 5.41) is 2.59. The molecule has 0 saturated carbocycles. The average Bonchev–Trinajstić information content (AvgIpc) is 3.48. The van der Waals surface area contributed by atoms with Crippen LogP contribution in [0.1, 0.15) is 0 Å². The first-order valence-electron chi connectivity index (χ1n) is 14.3. The minimum absolute atomic E-state index is 0.690. The van der Waals surface area contributed by atoms with E-state index in [2.05, 4.69) is 114 Å². The first kappa shape index (κ1) is 25.3. The SMILES string of the molecule is c1ccc(-c2cc(-c3cc(-c4cccnc4)nc(-c4ccccc4)n3)cc(-c3cccc4c3sc3ccccc34)c2)cc1. The maximum Gasteiger partial charge on any atom is 0.160 e. The third-order valence-corrected chi connectivity index (χ3v) is 8.99. The lowest BCUT2D eigenvalue weighted by atomic mass is 9.94. The molecular formula is C39H25N3S. The summed E-state index contributed by atoms with van der Waals surface area (Å²) in [5.41, 5.74) is 9.39. The summed E-state index contributed by atoms with van der Waals surface area (Å²) in [4.78, 5) is 14.5. The van der Waals surface area contributed by atoms with Gasteiger partial charge in [0.05, 0.1) is 11.4 Å². The van der Waals surface area contributed by atoms with Crippen molar-refractivity contribution in [3.63, 3.8) is 0 Å². The Morgan fingerprint density at radius 1 is 0.442 bits per heavy atom. The second-order valence-corrected chi connectivity index (χ2v) is 11.6. The molecule has 3 heterocycles. The minimum Gasteiger partial charge on any atom is -0.264 e. The molecule has 8 rings (SSSR count). The molecule has 8 aromatic rings. The van der Waals surface area contributed by atoms with Crippen LogP contribution in [0.4, 0.5) is 0 Å². The Bertz CT molecular complexity index is 2170. The number of hydrogen-bond acceptors (Lipinski definition) is 4. The molecule has 0 unspecified atom stereocenters. The maximum absolute atomic E-state index is 5.14. The summed E-state index contributed by atoms with van der Waals surface area (Å²) in [5.74, 6) is 0.690. The number of aromatic nitrogens is 3. The van der Waals surface area contributed by atoms with E-state index in [4.69, 9.17) is 9.97 Å². The molecule has 5 aromatic carbocycles. The van der Waals surface area contributed by atoms with Gasteiger partial charge in [-0.05, 0) is 64.7 Å². The normalized spacial score (nSPS) is 11.3. The zero-order valence-corrected chi connectivity index (χ0v) is 24.0. The van der Waals surface area contributed by atoms with Crippen LogP contribution in [0.15, 0.2) is 152 Å². The Morgan fingerprint density at radius 3 is 1.88 bits per heavy atom. The molecule has 0 N–H and O–H groups in total. The van der Waals surface area contributed by atoms with Crippen LogP contribution in [0.3, 0.4) is 0 Å². The van der Waals surface area contributed by atoms with Gasteiger partial charge in [-0.25, -0.2) is 9.97 Å². The van der Waals surface area contributed by atoms with Crippen molar-refractivity contribution < 1.29 is 0 Å². The van der Waals surface area contributed by atoms with E-state index in [-0.39, 0.29) is 0 Å². The van der Waals surface area contributed by atoms with Gasteiger partial charge in [0, 0.05) is 49.3 Å². The van der Waals surface area contributed by atoms with E-state index in [1.165, 1.54) is 31.3 Å². The lowest BCUT2D eigenvalue weighted by Gasteiger charge is -2.13. The average molecular weight is 568 g/mol. The van der Waals surface area contributed by atoms with Crippen LogP contribution in [-0.2, 0) is 0 Å². The molecule has 202 valence electrons. The van der Waals surface area contributed by atoms with Crippen LogP contribution in [0, 0.1) is 0 Å². The molecule has 0 atom stereocenters. The van der Waals surface area contributed by atoms with Crippen LogP contribution in [-0.4, -0.2) is 15.0 Å². The summed E-state index contributed by atoms with van der Waals surface area (Å²) in [6, 6.07) is 48.9. The molecule has 0 aliphatic rings.